The van der Waals surface area contributed by atoms with Crippen LogP contribution < -0.4 is 4.90 Å². The Morgan fingerprint density at radius 3 is 1.81 bits per heavy atom. The fraction of sp³-hybridized carbons (Fsp3) is 0. The van der Waals surface area contributed by atoms with Crippen molar-refractivity contribution in [3.05, 3.63) is 152 Å². The number of furan rings is 2. The third-order valence-electron chi connectivity index (χ3n) is 8.44. The van der Waals surface area contributed by atoms with E-state index in [2.05, 4.69) is 132 Å². The van der Waals surface area contributed by atoms with Crippen LogP contribution in [-0.4, -0.2) is 0 Å². The number of hydrogen-bond donors (Lipinski definition) is 0. The number of para-hydroxylation sites is 3. The monoisotopic (exact) mass is 551 g/mol. The van der Waals surface area contributed by atoms with Gasteiger partial charge in [0.05, 0.1) is 11.1 Å². The first-order valence-electron chi connectivity index (χ1n) is 14.5. The van der Waals surface area contributed by atoms with E-state index in [9.17, 15) is 0 Å². The maximum atomic E-state index is 6.46. The predicted octanol–water partition coefficient (Wildman–Crippen LogP) is 11.8. The van der Waals surface area contributed by atoms with E-state index >= 15 is 0 Å². The van der Waals surface area contributed by atoms with Crippen LogP contribution in [0.5, 0.6) is 0 Å². The minimum atomic E-state index is 0.877. The molecule has 0 fully saturated rings. The van der Waals surface area contributed by atoms with Crippen LogP contribution in [0.15, 0.2) is 160 Å². The molecule has 0 unspecified atom stereocenters. The summed E-state index contributed by atoms with van der Waals surface area (Å²) in [6.07, 6.45) is 0. The van der Waals surface area contributed by atoms with Crippen LogP contribution in [-0.2, 0) is 0 Å². The highest BCUT2D eigenvalue weighted by Crippen LogP contribution is 2.45. The molecule has 0 saturated heterocycles. The first-order chi connectivity index (χ1) is 21.3. The highest BCUT2D eigenvalue weighted by atomic mass is 16.3. The van der Waals surface area contributed by atoms with Crippen LogP contribution >= 0.6 is 0 Å². The molecule has 0 atom stereocenters. The number of nitrogens with zero attached hydrogens (tertiary/aromatic N) is 1. The van der Waals surface area contributed by atoms with Crippen molar-refractivity contribution in [1.82, 2.24) is 0 Å². The second kappa shape index (κ2) is 9.37. The van der Waals surface area contributed by atoms with E-state index in [-0.39, 0.29) is 0 Å². The highest BCUT2D eigenvalue weighted by molar-refractivity contribution is 6.21. The van der Waals surface area contributed by atoms with E-state index in [0.29, 0.717) is 0 Å². The molecule has 0 radical (unpaired) electrons. The molecule has 2 aromatic heterocycles. The lowest BCUT2D eigenvalue weighted by Gasteiger charge is -2.26. The first-order valence-corrected chi connectivity index (χ1v) is 14.5. The molecular weight excluding hydrogens is 526 g/mol. The minimum Gasteiger partial charge on any atom is -0.456 e. The Kier molecular flexibility index (Phi) is 5.20. The molecule has 0 saturated carbocycles. The number of rotatable bonds is 4. The lowest BCUT2D eigenvalue weighted by molar-refractivity contribution is 0.669. The predicted molar refractivity (Wildman–Crippen MR) is 179 cm³/mol. The molecule has 0 spiro atoms. The van der Waals surface area contributed by atoms with Gasteiger partial charge < -0.3 is 13.7 Å². The molecule has 3 heteroatoms. The van der Waals surface area contributed by atoms with Crippen LogP contribution in [0, 0.1) is 0 Å². The quantitative estimate of drug-likeness (QED) is 0.218. The molecule has 0 aliphatic carbocycles. The van der Waals surface area contributed by atoms with Crippen molar-refractivity contribution in [2.75, 3.05) is 4.90 Å². The van der Waals surface area contributed by atoms with Crippen LogP contribution in [0.3, 0.4) is 0 Å². The van der Waals surface area contributed by atoms with Gasteiger partial charge in [-0.15, -0.1) is 0 Å². The van der Waals surface area contributed by atoms with Crippen LogP contribution in [0.1, 0.15) is 0 Å². The number of fused-ring (bicyclic) bond motifs is 8. The van der Waals surface area contributed by atoms with Gasteiger partial charge in [-0.05, 0) is 71.1 Å². The van der Waals surface area contributed by atoms with E-state index in [1.54, 1.807) is 0 Å². The molecule has 43 heavy (non-hydrogen) atoms. The molecule has 9 aromatic rings. The summed E-state index contributed by atoms with van der Waals surface area (Å²) >= 11 is 0. The van der Waals surface area contributed by atoms with E-state index < -0.39 is 0 Å². The van der Waals surface area contributed by atoms with Gasteiger partial charge in [0, 0.05) is 32.9 Å². The lowest BCUT2D eigenvalue weighted by atomic mass is 9.95. The Morgan fingerprint density at radius 1 is 0.419 bits per heavy atom. The fourth-order valence-corrected chi connectivity index (χ4v) is 6.52. The van der Waals surface area contributed by atoms with Gasteiger partial charge in [0.2, 0.25) is 0 Å². The molecule has 2 heterocycles. The molecule has 3 nitrogen and oxygen atoms in total. The van der Waals surface area contributed by atoms with Crippen molar-refractivity contribution in [3.8, 4) is 11.1 Å². The SMILES string of the molecule is c1ccc(N(c2ccc(-c3cc4ccccc4c4oc5ccccc5c34)cc2)c2cccc3oc4ccccc4c23)cc1. The maximum Gasteiger partial charge on any atom is 0.143 e. The number of benzene rings is 7. The summed E-state index contributed by atoms with van der Waals surface area (Å²) in [6, 6.07) is 53.0. The Balaban J connectivity index is 1.26. The van der Waals surface area contributed by atoms with Gasteiger partial charge in [0.15, 0.2) is 0 Å². The fourth-order valence-electron chi connectivity index (χ4n) is 6.52. The summed E-state index contributed by atoms with van der Waals surface area (Å²) in [6.45, 7) is 0. The standard InChI is InChI=1S/C40H25NO2/c1-2-12-28(13-3-1)41(34-17-10-20-37-39(34)32-16-7-8-18-35(32)42-37)29-23-21-26(22-24-29)33-25-27-11-4-5-14-30(27)40-38(33)31-15-6-9-19-36(31)43-40/h1-25H. The second-order valence-electron chi connectivity index (χ2n) is 10.9. The molecule has 7 aromatic carbocycles. The van der Waals surface area contributed by atoms with Crippen molar-refractivity contribution in [1.29, 1.82) is 0 Å². The molecule has 0 aliphatic rings. The molecule has 202 valence electrons. The Bertz CT molecular complexity index is 2450. The number of hydrogen-bond acceptors (Lipinski definition) is 3. The molecule has 0 amide bonds. The van der Waals surface area contributed by atoms with Crippen LogP contribution in [0.2, 0.25) is 0 Å². The summed E-state index contributed by atoms with van der Waals surface area (Å²) in [7, 11) is 0. The molecular formula is C40H25NO2. The average Bonchev–Trinajstić information content (AvgIpc) is 3.65. The van der Waals surface area contributed by atoms with Crippen molar-refractivity contribution < 1.29 is 8.83 Å². The van der Waals surface area contributed by atoms with Gasteiger partial charge in [0.25, 0.3) is 0 Å². The van der Waals surface area contributed by atoms with E-state index in [4.69, 9.17) is 8.83 Å². The largest absolute Gasteiger partial charge is 0.456 e. The summed E-state index contributed by atoms with van der Waals surface area (Å²) in [5.41, 5.74) is 9.15. The maximum absolute atomic E-state index is 6.46. The molecule has 0 bridgehead atoms. The Labute approximate surface area is 247 Å². The Hall–Kier alpha value is -5.80. The smallest absolute Gasteiger partial charge is 0.143 e. The van der Waals surface area contributed by atoms with Gasteiger partial charge >= 0.3 is 0 Å². The Morgan fingerprint density at radius 2 is 1.02 bits per heavy atom. The van der Waals surface area contributed by atoms with E-state index in [1.165, 1.54) is 5.56 Å². The van der Waals surface area contributed by atoms with Gasteiger partial charge in [-0.3, -0.25) is 0 Å². The van der Waals surface area contributed by atoms with Gasteiger partial charge in [0.1, 0.15) is 22.3 Å². The lowest BCUT2D eigenvalue weighted by Crippen LogP contribution is -2.10. The van der Waals surface area contributed by atoms with Gasteiger partial charge in [-0.2, -0.15) is 0 Å². The highest BCUT2D eigenvalue weighted by Gasteiger charge is 2.20. The van der Waals surface area contributed by atoms with E-state index in [0.717, 1.165) is 77.3 Å². The van der Waals surface area contributed by atoms with Gasteiger partial charge in [-0.1, -0.05) is 97.1 Å². The first kappa shape index (κ1) is 23.9. The van der Waals surface area contributed by atoms with Crippen LogP contribution in [0.4, 0.5) is 17.1 Å². The van der Waals surface area contributed by atoms with Crippen molar-refractivity contribution in [2.45, 2.75) is 0 Å². The zero-order valence-electron chi connectivity index (χ0n) is 23.2. The normalized spacial score (nSPS) is 11.7. The molecule has 0 N–H and O–H groups in total. The summed E-state index contributed by atoms with van der Waals surface area (Å²) in [5.74, 6) is 0. The third-order valence-corrected chi connectivity index (χ3v) is 8.44. The third kappa shape index (κ3) is 3.68. The number of anilines is 3. The van der Waals surface area contributed by atoms with Crippen molar-refractivity contribution in [3.63, 3.8) is 0 Å². The topological polar surface area (TPSA) is 29.5 Å². The zero-order chi connectivity index (χ0) is 28.3. The summed E-state index contributed by atoms with van der Waals surface area (Å²) in [4.78, 5) is 2.32. The minimum absolute atomic E-state index is 0.877. The van der Waals surface area contributed by atoms with Crippen LogP contribution in [0.25, 0.3) is 65.8 Å². The molecule has 9 rings (SSSR count). The molecule has 0 aliphatic heterocycles. The second-order valence-corrected chi connectivity index (χ2v) is 10.9. The van der Waals surface area contributed by atoms with Crippen molar-refractivity contribution in [2.24, 2.45) is 0 Å². The van der Waals surface area contributed by atoms with E-state index in [1.807, 2.05) is 24.3 Å². The summed E-state index contributed by atoms with van der Waals surface area (Å²) < 4.78 is 12.7. The van der Waals surface area contributed by atoms with Crippen molar-refractivity contribution >= 4 is 71.7 Å². The zero-order valence-corrected chi connectivity index (χ0v) is 23.2. The average molecular weight is 552 g/mol. The van der Waals surface area contributed by atoms with Gasteiger partial charge in [-0.25, -0.2) is 0 Å². The summed E-state index contributed by atoms with van der Waals surface area (Å²) in [5, 5.41) is 6.79.